The summed E-state index contributed by atoms with van der Waals surface area (Å²) in [4.78, 5) is 61.4. The first-order valence-electron chi connectivity index (χ1n) is 16.3. The summed E-state index contributed by atoms with van der Waals surface area (Å²) in [7, 11) is 0. The van der Waals surface area contributed by atoms with Crippen molar-refractivity contribution in [2.75, 3.05) is 20.4 Å². The Morgan fingerprint density at radius 2 is 1.47 bits per heavy atom. The number of hydrogen-bond acceptors (Lipinski definition) is 6. The topological polar surface area (TPSA) is 125 Å². The van der Waals surface area contributed by atoms with Crippen LogP contribution >= 0.6 is 0 Å². The van der Waals surface area contributed by atoms with Gasteiger partial charge in [0, 0.05) is 48.1 Å². The van der Waals surface area contributed by atoms with Crippen molar-refractivity contribution in [1.29, 1.82) is 0 Å². The predicted molar refractivity (Wildman–Crippen MR) is 186 cm³/mol. The lowest BCUT2D eigenvalue weighted by molar-refractivity contribution is -0.123. The van der Waals surface area contributed by atoms with Gasteiger partial charge in [0.25, 0.3) is 11.8 Å². The number of carbonyl (C=O) groups excluding carboxylic acids is 4. The molecule has 11 heteroatoms. The molecule has 4 aromatic rings. The first-order chi connectivity index (χ1) is 23.2. The van der Waals surface area contributed by atoms with Crippen molar-refractivity contribution >= 4 is 46.4 Å². The zero-order valence-electron chi connectivity index (χ0n) is 28.4. The predicted octanol–water partition coefficient (Wildman–Crippen LogP) is 6.63. The highest BCUT2D eigenvalue weighted by Gasteiger charge is 2.49. The van der Waals surface area contributed by atoms with E-state index in [-0.39, 0.29) is 35.5 Å². The minimum atomic E-state index is -0.758. The molecule has 0 radical (unpaired) electrons. The Hall–Kier alpha value is -5.45. The van der Waals surface area contributed by atoms with Crippen molar-refractivity contribution in [1.82, 2.24) is 9.97 Å². The van der Waals surface area contributed by atoms with E-state index in [0.29, 0.717) is 28.1 Å². The molecule has 49 heavy (non-hydrogen) atoms. The number of nitrogens with zero attached hydrogens (tertiary/aromatic N) is 4. The number of rotatable bonds is 6. The van der Waals surface area contributed by atoms with Gasteiger partial charge in [-0.1, -0.05) is 6.07 Å². The van der Waals surface area contributed by atoms with Gasteiger partial charge in [0.15, 0.2) is 0 Å². The van der Waals surface area contributed by atoms with Gasteiger partial charge in [0.05, 0.1) is 33.5 Å². The van der Waals surface area contributed by atoms with Crippen molar-refractivity contribution in [2.45, 2.75) is 77.3 Å². The van der Waals surface area contributed by atoms with Crippen LogP contribution in [-0.2, 0) is 20.4 Å². The summed E-state index contributed by atoms with van der Waals surface area (Å²) in [5.74, 6) is -1.10. The summed E-state index contributed by atoms with van der Waals surface area (Å²) in [5, 5.41) is 5.47. The Kier molecular flexibility index (Phi) is 8.56. The summed E-state index contributed by atoms with van der Waals surface area (Å²) in [6.07, 6.45) is 8.07. The molecule has 4 amide bonds. The third-order valence-corrected chi connectivity index (χ3v) is 9.26. The number of aromatic nitrogens is 2. The van der Waals surface area contributed by atoms with Crippen molar-refractivity contribution in [3.63, 3.8) is 0 Å². The maximum absolute atomic E-state index is 14.6. The van der Waals surface area contributed by atoms with Crippen LogP contribution in [0.3, 0.4) is 0 Å². The highest BCUT2D eigenvalue weighted by molar-refractivity contribution is 6.11. The standard InChI is InChI=1S/C19H18FN3O2.C19H21N3O2/c1-19(2)13-9-14(20)15(22-17(24)11-5-7-21-8-6-11)10-16(13)23(18(19)25)12-3-4-12;1-12(2)22-16-10-14(7-8-15(16)19(3,4)18(22)24)21-17(23)13-6-5-9-20-11-13/h5-10,12H,3-4H2,1-2H3,(H,22,24);5-12H,1-4H3,(H,21,23). The second kappa shape index (κ2) is 12.5. The van der Waals surface area contributed by atoms with Crippen LogP contribution in [0, 0.1) is 5.82 Å². The van der Waals surface area contributed by atoms with E-state index in [4.69, 9.17) is 0 Å². The summed E-state index contributed by atoms with van der Waals surface area (Å²) in [6, 6.07) is 15.4. The number of nitrogens with one attached hydrogen (secondary N) is 2. The number of benzene rings is 2. The average molecular weight is 663 g/mol. The van der Waals surface area contributed by atoms with Crippen molar-refractivity contribution in [2.24, 2.45) is 0 Å². The van der Waals surface area contributed by atoms with Crippen molar-refractivity contribution in [3.05, 3.63) is 107 Å². The Balaban J connectivity index is 0.000000170. The molecule has 0 bridgehead atoms. The highest BCUT2D eigenvalue weighted by Crippen LogP contribution is 2.48. The van der Waals surface area contributed by atoms with E-state index in [2.05, 4.69) is 20.6 Å². The molecule has 1 aliphatic carbocycles. The fraction of sp³-hybridized carbons (Fsp3) is 0.316. The number of hydrogen-bond donors (Lipinski definition) is 2. The van der Waals surface area contributed by atoms with Crippen molar-refractivity contribution < 1.29 is 23.6 Å². The fourth-order valence-electron chi connectivity index (χ4n) is 6.35. The van der Waals surface area contributed by atoms with Gasteiger partial charge < -0.3 is 20.4 Å². The summed E-state index contributed by atoms with van der Waals surface area (Å²) in [5.41, 5.74) is 3.55. The molecule has 2 aromatic heterocycles. The lowest BCUT2D eigenvalue weighted by Gasteiger charge is -2.24. The SMILES string of the molecule is CC(C)N1C(=O)C(C)(C)c2ccc(NC(=O)c3cccnc3)cc21.CC1(C)C(=O)N(C2CC2)c2cc(NC(=O)c3ccncc3)c(F)cc21. The Bertz CT molecular complexity index is 1960. The largest absolute Gasteiger partial charge is 0.322 e. The van der Waals surface area contributed by atoms with Gasteiger partial charge in [-0.05, 0) is 114 Å². The second-order valence-electron chi connectivity index (χ2n) is 13.9. The second-order valence-corrected chi connectivity index (χ2v) is 13.9. The van der Waals surface area contributed by atoms with Crippen LogP contribution in [0.2, 0.25) is 0 Å². The van der Waals surface area contributed by atoms with E-state index in [1.54, 1.807) is 46.3 Å². The van der Waals surface area contributed by atoms with Gasteiger partial charge in [-0.3, -0.25) is 29.1 Å². The lowest BCUT2D eigenvalue weighted by Crippen LogP contribution is -2.40. The van der Waals surface area contributed by atoms with Crippen LogP contribution in [0.15, 0.2) is 79.4 Å². The fourth-order valence-corrected chi connectivity index (χ4v) is 6.35. The third kappa shape index (κ3) is 6.16. The number of anilines is 4. The van der Waals surface area contributed by atoms with Gasteiger partial charge in [0.1, 0.15) is 5.82 Å². The van der Waals surface area contributed by atoms with Crippen LogP contribution < -0.4 is 20.4 Å². The number of halogens is 1. The summed E-state index contributed by atoms with van der Waals surface area (Å²) in [6.45, 7) is 11.5. The number of amides is 4. The minimum absolute atomic E-state index is 0.0120. The lowest BCUT2D eigenvalue weighted by atomic mass is 9.86. The molecule has 0 spiro atoms. The molecular weight excluding hydrogens is 623 g/mol. The molecule has 4 heterocycles. The highest BCUT2D eigenvalue weighted by atomic mass is 19.1. The summed E-state index contributed by atoms with van der Waals surface area (Å²) < 4.78 is 14.6. The van der Waals surface area contributed by atoms with Gasteiger partial charge in [-0.15, -0.1) is 0 Å². The first kappa shape index (κ1) is 33.5. The maximum Gasteiger partial charge on any atom is 0.257 e. The van der Waals surface area contributed by atoms with Crippen LogP contribution in [0.5, 0.6) is 0 Å². The van der Waals surface area contributed by atoms with E-state index in [1.165, 1.54) is 24.7 Å². The van der Waals surface area contributed by atoms with E-state index < -0.39 is 22.6 Å². The van der Waals surface area contributed by atoms with Gasteiger partial charge in [0.2, 0.25) is 11.8 Å². The molecule has 1 saturated carbocycles. The Morgan fingerprint density at radius 1 is 0.796 bits per heavy atom. The molecule has 0 atom stereocenters. The molecule has 0 saturated heterocycles. The molecule has 2 N–H and O–H groups in total. The zero-order chi connectivity index (χ0) is 35.2. The Morgan fingerprint density at radius 3 is 2.10 bits per heavy atom. The zero-order valence-corrected chi connectivity index (χ0v) is 28.4. The molecule has 10 nitrogen and oxygen atoms in total. The molecule has 7 rings (SSSR count). The van der Waals surface area contributed by atoms with Crippen molar-refractivity contribution in [3.8, 4) is 0 Å². The van der Waals surface area contributed by atoms with Crippen LogP contribution in [-0.4, -0.2) is 45.7 Å². The maximum atomic E-state index is 14.6. The van der Waals surface area contributed by atoms with E-state index in [1.807, 2.05) is 59.7 Å². The molecule has 3 aliphatic rings. The minimum Gasteiger partial charge on any atom is -0.322 e. The molecular formula is C38H39FN6O4. The molecule has 2 aliphatic heterocycles. The molecule has 1 fully saturated rings. The van der Waals surface area contributed by atoms with Crippen LogP contribution in [0.4, 0.5) is 27.1 Å². The normalized spacial score (nSPS) is 16.9. The average Bonchev–Trinajstić information content (AvgIpc) is 3.86. The van der Waals surface area contributed by atoms with E-state index in [0.717, 1.165) is 24.1 Å². The van der Waals surface area contributed by atoms with Crippen LogP contribution in [0.25, 0.3) is 0 Å². The smallest absolute Gasteiger partial charge is 0.257 e. The third-order valence-electron chi connectivity index (χ3n) is 9.26. The summed E-state index contributed by atoms with van der Waals surface area (Å²) >= 11 is 0. The molecule has 2 aromatic carbocycles. The first-order valence-corrected chi connectivity index (χ1v) is 16.3. The van der Waals surface area contributed by atoms with Gasteiger partial charge in [-0.25, -0.2) is 4.39 Å². The van der Waals surface area contributed by atoms with Gasteiger partial charge in [-0.2, -0.15) is 0 Å². The molecule has 252 valence electrons. The molecule has 0 unspecified atom stereocenters. The van der Waals surface area contributed by atoms with Gasteiger partial charge >= 0.3 is 0 Å². The van der Waals surface area contributed by atoms with Crippen LogP contribution in [0.1, 0.15) is 86.2 Å². The monoisotopic (exact) mass is 662 g/mol. The van der Waals surface area contributed by atoms with E-state index in [9.17, 15) is 23.6 Å². The Labute approximate surface area is 284 Å². The number of fused-ring (bicyclic) bond motifs is 2. The van der Waals surface area contributed by atoms with E-state index >= 15 is 0 Å². The number of pyridine rings is 2. The number of carbonyl (C=O) groups is 4. The quantitative estimate of drug-likeness (QED) is 0.239.